The Bertz CT molecular complexity index is 3030. The first-order valence-electron chi connectivity index (χ1n) is 20.8. The van der Waals surface area contributed by atoms with E-state index in [1.165, 1.54) is 50.1 Å². The van der Waals surface area contributed by atoms with Gasteiger partial charge in [-0.3, -0.25) is 0 Å². The third-order valence-corrected chi connectivity index (χ3v) is 12.1. The quantitative estimate of drug-likeness (QED) is 0.154. The van der Waals surface area contributed by atoms with Crippen LogP contribution in [0, 0.1) is 0 Å². The molecule has 10 aromatic rings. The zero-order valence-electron chi connectivity index (χ0n) is 33.4. The van der Waals surface area contributed by atoms with E-state index in [4.69, 9.17) is 15.0 Å². The van der Waals surface area contributed by atoms with Gasteiger partial charge >= 0.3 is 0 Å². The first-order valence-corrected chi connectivity index (χ1v) is 20.8. The lowest BCUT2D eigenvalue weighted by Crippen LogP contribution is -2.28. The summed E-state index contributed by atoms with van der Waals surface area (Å²) in [5.74, 6) is 1.92. The number of nitrogens with zero attached hydrogens (tertiary/aromatic N) is 3. The van der Waals surface area contributed by atoms with Gasteiger partial charge in [0.2, 0.25) is 0 Å². The predicted octanol–water partition coefficient (Wildman–Crippen LogP) is 14.2. The summed E-state index contributed by atoms with van der Waals surface area (Å²) in [4.78, 5) is 15.0. The van der Waals surface area contributed by atoms with Crippen molar-refractivity contribution in [2.45, 2.75) is 5.41 Å². The fourth-order valence-electron chi connectivity index (χ4n) is 9.17. The molecule has 0 amide bonds. The molecule has 0 spiro atoms. The van der Waals surface area contributed by atoms with Crippen molar-refractivity contribution in [3.63, 3.8) is 0 Å². The maximum absolute atomic E-state index is 5.03. The summed E-state index contributed by atoms with van der Waals surface area (Å²) in [6.45, 7) is 0. The van der Waals surface area contributed by atoms with Crippen molar-refractivity contribution in [3.8, 4) is 78.7 Å². The number of benzene rings is 9. The maximum atomic E-state index is 5.03. The van der Waals surface area contributed by atoms with Crippen LogP contribution in [-0.2, 0) is 5.41 Å². The van der Waals surface area contributed by atoms with Crippen LogP contribution in [-0.4, -0.2) is 15.0 Å². The minimum atomic E-state index is -0.522. The second-order valence-electron chi connectivity index (χ2n) is 15.5. The van der Waals surface area contributed by atoms with E-state index in [2.05, 4.69) is 176 Å². The number of rotatable bonds is 8. The number of aromatic nitrogens is 3. The zero-order chi connectivity index (χ0) is 40.6. The van der Waals surface area contributed by atoms with Crippen LogP contribution in [0.15, 0.2) is 237 Å². The van der Waals surface area contributed by atoms with Crippen LogP contribution < -0.4 is 0 Å². The van der Waals surface area contributed by atoms with Gasteiger partial charge in [0.15, 0.2) is 17.5 Å². The lowest BCUT2D eigenvalue weighted by atomic mass is 9.67. The fraction of sp³-hybridized carbons (Fsp3) is 0.0172. The molecule has 0 atom stereocenters. The smallest absolute Gasteiger partial charge is 0.164 e. The largest absolute Gasteiger partial charge is 0.208 e. The average molecular weight is 778 g/mol. The molecule has 3 heteroatoms. The summed E-state index contributed by atoms with van der Waals surface area (Å²) in [5.41, 5.74) is 16.8. The van der Waals surface area contributed by atoms with E-state index in [1.54, 1.807) is 0 Å². The SMILES string of the molecule is c1ccc(-c2ccc(-c3cc4c(cc3-c3ccc(-c5nc(-c6ccccc6)nc(-c6ccccc6)n5)cc3)C(c3ccccc3)(c3ccccc3)c3ccccc3-4)cc2)cc1. The number of hydrogen-bond donors (Lipinski definition) is 0. The maximum Gasteiger partial charge on any atom is 0.164 e. The number of hydrogen-bond acceptors (Lipinski definition) is 3. The normalized spacial score (nSPS) is 12.4. The molecule has 0 bridgehead atoms. The number of fused-ring (bicyclic) bond motifs is 3. The van der Waals surface area contributed by atoms with Gasteiger partial charge in [-0.2, -0.15) is 0 Å². The Morgan fingerprint density at radius 2 is 0.574 bits per heavy atom. The van der Waals surface area contributed by atoms with E-state index in [0.717, 1.165) is 33.4 Å². The molecule has 0 radical (unpaired) electrons. The van der Waals surface area contributed by atoms with Gasteiger partial charge in [0.05, 0.1) is 5.41 Å². The highest BCUT2D eigenvalue weighted by atomic mass is 15.0. The summed E-state index contributed by atoms with van der Waals surface area (Å²) in [5, 5.41) is 0. The van der Waals surface area contributed by atoms with Gasteiger partial charge in [0.25, 0.3) is 0 Å². The fourth-order valence-corrected chi connectivity index (χ4v) is 9.17. The molecule has 3 nitrogen and oxygen atoms in total. The van der Waals surface area contributed by atoms with Gasteiger partial charge in [-0.1, -0.05) is 224 Å². The standard InChI is InChI=1S/C58H39N3/c1-6-18-40(19-7-1)41-30-32-42(33-31-41)50-38-52-49-28-16-17-29-53(49)58(47-24-12-4-13-25-47,48-26-14-5-15-27-48)54(52)39-51(50)43-34-36-46(37-35-43)57-60-55(44-20-8-2-9-21-44)59-56(61-57)45-22-10-3-11-23-45/h1-39H. The highest BCUT2D eigenvalue weighted by Crippen LogP contribution is 2.58. The molecule has 1 heterocycles. The molecule has 9 aromatic carbocycles. The topological polar surface area (TPSA) is 38.7 Å². The molecule has 0 unspecified atom stereocenters. The molecule has 61 heavy (non-hydrogen) atoms. The van der Waals surface area contributed by atoms with Crippen LogP contribution >= 0.6 is 0 Å². The van der Waals surface area contributed by atoms with Crippen LogP contribution in [0.2, 0.25) is 0 Å². The van der Waals surface area contributed by atoms with Crippen LogP contribution in [0.4, 0.5) is 0 Å². The molecule has 0 aliphatic heterocycles. The monoisotopic (exact) mass is 777 g/mol. The molecule has 286 valence electrons. The van der Waals surface area contributed by atoms with Gasteiger partial charge in [-0.15, -0.1) is 0 Å². The Balaban J connectivity index is 1.12. The van der Waals surface area contributed by atoms with Crippen molar-refractivity contribution < 1.29 is 0 Å². The van der Waals surface area contributed by atoms with E-state index in [-0.39, 0.29) is 0 Å². The minimum Gasteiger partial charge on any atom is -0.208 e. The summed E-state index contributed by atoms with van der Waals surface area (Å²) < 4.78 is 0. The Morgan fingerprint density at radius 3 is 1.07 bits per heavy atom. The molecule has 0 saturated heterocycles. The zero-order valence-corrected chi connectivity index (χ0v) is 33.4. The van der Waals surface area contributed by atoms with Crippen molar-refractivity contribution in [1.82, 2.24) is 15.0 Å². The lowest BCUT2D eigenvalue weighted by Gasteiger charge is -2.34. The van der Waals surface area contributed by atoms with Crippen molar-refractivity contribution in [2.75, 3.05) is 0 Å². The van der Waals surface area contributed by atoms with Crippen molar-refractivity contribution in [2.24, 2.45) is 0 Å². The third kappa shape index (κ3) is 6.35. The molecule has 0 fully saturated rings. The van der Waals surface area contributed by atoms with Gasteiger partial charge in [0, 0.05) is 16.7 Å². The predicted molar refractivity (Wildman–Crippen MR) is 250 cm³/mol. The van der Waals surface area contributed by atoms with Crippen molar-refractivity contribution in [3.05, 3.63) is 259 Å². The Labute approximate surface area is 356 Å². The van der Waals surface area contributed by atoms with Crippen LogP contribution in [0.25, 0.3) is 78.7 Å². The average Bonchev–Trinajstić information content (AvgIpc) is 3.65. The lowest BCUT2D eigenvalue weighted by molar-refractivity contribution is 0.769. The Morgan fingerprint density at radius 1 is 0.230 bits per heavy atom. The summed E-state index contributed by atoms with van der Waals surface area (Å²) in [6.07, 6.45) is 0. The van der Waals surface area contributed by atoms with Gasteiger partial charge in [0.1, 0.15) is 0 Å². The van der Waals surface area contributed by atoms with Crippen LogP contribution in [0.3, 0.4) is 0 Å². The molecular weight excluding hydrogens is 739 g/mol. The second kappa shape index (κ2) is 15.3. The Kier molecular flexibility index (Phi) is 9.05. The molecule has 1 aromatic heterocycles. The van der Waals surface area contributed by atoms with Crippen molar-refractivity contribution in [1.29, 1.82) is 0 Å². The summed E-state index contributed by atoms with van der Waals surface area (Å²) >= 11 is 0. The highest BCUT2D eigenvalue weighted by molar-refractivity contribution is 5.95. The molecule has 11 rings (SSSR count). The molecule has 1 aliphatic rings. The summed E-state index contributed by atoms with van der Waals surface area (Å²) in [6, 6.07) is 84.5. The van der Waals surface area contributed by atoms with Crippen LogP contribution in [0.5, 0.6) is 0 Å². The second-order valence-corrected chi connectivity index (χ2v) is 15.5. The molecule has 0 N–H and O–H groups in total. The van der Waals surface area contributed by atoms with Crippen LogP contribution in [0.1, 0.15) is 22.3 Å². The van der Waals surface area contributed by atoms with Gasteiger partial charge in [-0.25, -0.2) is 15.0 Å². The third-order valence-electron chi connectivity index (χ3n) is 12.1. The van der Waals surface area contributed by atoms with E-state index in [1.807, 2.05) is 60.7 Å². The van der Waals surface area contributed by atoms with E-state index in [0.29, 0.717) is 17.5 Å². The van der Waals surface area contributed by atoms with Gasteiger partial charge in [-0.05, 0) is 78.9 Å². The van der Waals surface area contributed by atoms with Crippen molar-refractivity contribution >= 4 is 0 Å². The highest BCUT2D eigenvalue weighted by Gasteiger charge is 2.46. The minimum absolute atomic E-state index is 0.522. The Hall–Kier alpha value is -8.01. The van der Waals surface area contributed by atoms with E-state index >= 15 is 0 Å². The first-order chi connectivity index (χ1) is 30.2. The molecular formula is C58H39N3. The molecule has 1 aliphatic carbocycles. The van der Waals surface area contributed by atoms with Gasteiger partial charge < -0.3 is 0 Å². The first kappa shape index (κ1) is 36.1. The van der Waals surface area contributed by atoms with E-state index < -0.39 is 5.41 Å². The van der Waals surface area contributed by atoms with E-state index in [9.17, 15) is 0 Å². The molecule has 0 saturated carbocycles. The summed E-state index contributed by atoms with van der Waals surface area (Å²) in [7, 11) is 0.